The first-order valence-corrected chi connectivity index (χ1v) is 9.99. The van der Waals surface area contributed by atoms with Crippen LogP contribution in [-0.4, -0.2) is 17.0 Å². The molecule has 0 saturated carbocycles. The van der Waals surface area contributed by atoms with E-state index in [4.69, 9.17) is 4.74 Å². The summed E-state index contributed by atoms with van der Waals surface area (Å²) in [5, 5.41) is 0. The van der Waals surface area contributed by atoms with E-state index < -0.39 is 48.4 Å². The first kappa shape index (κ1) is 23.6. The lowest BCUT2D eigenvalue weighted by Gasteiger charge is -2.23. The molecule has 0 bridgehead atoms. The monoisotopic (exact) mass is 561 g/mol. The van der Waals surface area contributed by atoms with Crippen LogP contribution in [0.1, 0.15) is 40.8 Å². The molecule has 11 heteroatoms. The molecule has 2 aromatic carbocycles. The van der Waals surface area contributed by atoms with Gasteiger partial charge in [0.15, 0.2) is 0 Å². The normalized spacial score (nSPS) is 19.6. The molecule has 3 rings (SSSR count). The van der Waals surface area contributed by atoms with Gasteiger partial charge in [0.1, 0.15) is 12.8 Å². The van der Waals surface area contributed by atoms with E-state index in [-0.39, 0.29) is 23.2 Å². The lowest BCUT2D eigenvalue weighted by molar-refractivity contribution is -0.138. The zero-order chi connectivity index (χ0) is 23.1. The van der Waals surface area contributed by atoms with E-state index in [0.717, 1.165) is 23.1 Å². The number of hydrogen-bond acceptors (Lipinski definition) is 2. The minimum atomic E-state index is -4.70. The molecular formula is C20H15F7INO2. The Hall–Kier alpha value is -2.05. The van der Waals surface area contributed by atoms with Crippen LogP contribution < -0.4 is 0 Å². The number of hydrogen-bond donors (Lipinski definition) is 0. The summed E-state index contributed by atoms with van der Waals surface area (Å²) < 4.78 is 97.3. The molecule has 0 spiro atoms. The molecule has 1 heterocycles. The molecule has 0 unspecified atom stereocenters. The van der Waals surface area contributed by atoms with Crippen LogP contribution in [0.2, 0.25) is 0 Å². The zero-order valence-electron chi connectivity index (χ0n) is 15.8. The maximum absolute atomic E-state index is 13.1. The summed E-state index contributed by atoms with van der Waals surface area (Å²) in [5.41, 5.74) is -1.98. The Morgan fingerprint density at radius 2 is 1.58 bits per heavy atom. The Morgan fingerprint density at radius 3 is 2.16 bits per heavy atom. The van der Waals surface area contributed by atoms with E-state index in [2.05, 4.69) is 0 Å². The fourth-order valence-corrected chi connectivity index (χ4v) is 4.01. The van der Waals surface area contributed by atoms with E-state index in [0.29, 0.717) is 9.64 Å². The second-order valence-electron chi connectivity index (χ2n) is 7.08. The van der Waals surface area contributed by atoms with Crippen LogP contribution in [0.3, 0.4) is 0 Å². The predicted molar refractivity (Wildman–Crippen MR) is 105 cm³/mol. The largest absolute Gasteiger partial charge is 0.439 e. The molecular weight excluding hydrogens is 546 g/mol. The highest BCUT2D eigenvalue weighted by molar-refractivity contribution is 14.1. The van der Waals surface area contributed by atoms with E-state index in [1.807, 2.05) is 22.6 Å². The summed E-state index contributed by atoms with van der Waals surface area (Å²) in [4.78, 5) is 13.5. The third-order valence-electron chi connectivity index (χ3n) is 4.91. The number of cyclic esters (lactones) is 1. The number of alkyl halides is 7. The van der Waals surface area contributed by atoms with Gasteiger partial charge in [-0.25, -0.2) is 9.18 Å². The van der Waals surface area contributed by atoms with Crippen LogP contribution >= 0.6 is 22.6 Å². The fourth-order valence-electron chi connectivity index (χ4n) is 3.37. The number of nitrogens with zero attached hydrogens (tertiary/aromatic N) is 1. The lowest BCUT2D eigenvalue weighted by Crippen LogP contribution is -2.31. The van der Waals surface area contributed by atoms with Gasteiger partial charge in [0, 0.05) is 15.7 Å². The van der Waals surface area contributed by atoms with Gasteiger partial charge in [-0.1, -0.05) is 6.07 Å². The van der Waals surface area contributed by atoms with E-state index in [9.17, 15) is 35.5 Å². The summed E-state index contributed by atoms with van der Waals surface area (Å²) in [6.07, 6.45) is -11.2. The number of carbonyl (C=O) groups is 1. The third kappa shape index (κ3) is 5.07. The Bertz CT molecular complexity index is 990. The fraction of sp³-hybridized carbons (Fsp3) is 0.350. The van der Waals surface area contributed by atoms with E-state index in [1.54, 1.807) is 0 Å². The van der Waals surface area contributed by atoms with Crippen LogP contribution in [0.15, 0.2) is 36.4 Å². The summed E-state index contributed by atoms with van der Waals surface area (Å²) in [7, 11) is 0. The van der Waals surface area contributed by atoms with Crippen molar-refractivity contribution in [2.75, 3.05) is 0 Å². The van der Waals surface area contributed by atoms with E-state index >= 15 is 0 Å². The molecule has 2 atom stereocenters. The molecule has 2 aromatic rings. The van der Waals surface area contributed by atoms with Crippen LogP contribution in [0, 0.1) is 3.57 Å². The highest BCUT2D eigenvalue weighted by atomic mass is 127. The summed E-state index contributed by atoms with van der Waals surface area (Å²) in [6, 6.07) is 4.98. The second-order valence-corrected chi connectivity index (χ2v) is 8.24. The molecule has 1 aliphatic heterocycles. The van der Waals surface area contributed by atoms with Gasteiger partial charge >= 0.3 is 18.4 Å². The molecule has 0 N–H and O–H groups in total. The van der Waals surface area contributed by atoms with Gasteiger partial charge in [-0.3, -0.25) is 4.90 Å². The number of amides is 1. The quantitative estimate of drug-likeness (QED) is 0.301. The van der Waals surface area contributed by atoms with Crippen molar-refractivity contribution in [1.29, 1.82) is 0 Å². The number of benzene rings is 2. The Kier molecular flexibility index (Phi) is 6.45. The van der Waals surface area contributed by atoms with Crippen molar-refractivity contribution in [1.82, 2.24) is 4.90 Å². The van der Waals surface area contributed by atoms with Crippen molar-refractivity contribution in [2.45, 2.75) is 44.6 Å². The average Bonchev–Trinajstić information content (AvgIpc) is 2.94. The number of halogens is 8. The summed E-state index contributed by atoms with van der Waals surface area (Å²) in [5.74, 6) is 0. The summed E-state index contributed by atoms with van der Waals surface area (Å²) >= 11 is 1.82. The average molecular weight is 561 g/mol. The minimum absolute atomic E-state index is 0.0330. The predicted octanol–water partition coefficient (Wildman–Crippen LogP) is 6.88. The molecule has 1 fully saturated rings. The maximum Gasteiger partial charge on any atom is 0.416 e. The number of carbonyl (C=O) groups excluding carboxylic acids is 1. The number of ether oxygens (including phenoxy) is 1. The molecule has 168 valence electrons. The molecule has 0 radical (unpaired) electrons. The van der Waals surface area contributed by atoms with Crippen molar-refractivity contribution < 1.29 is 40.3 Å². The van der Waals surface area contributed by atoms with Gasteiger partial charge in [-0.05, 0) is 71.0 Å². The maximum atomic E-state index is 13.1. The zero-order valence-corrected chi connectivity index (χ0v) is 18.0. The SMILES string of the molecule is C[C@H]1[C@H](c2cc(C(F)(F)F)ccc2I)OC(=O)N1Cc1cc(CF)cc(C(F)(F)F)c1. The molecule has 1 saturated heterocycles. The summed E-state index contributed by atoms with van der Waals surface area (Å²) in [6.45, 7) is 0.0838. The highest BCUT2D eigenvalue weighted by Gasteiger charge is 2.42. The van der Waals surface area contributed by atoms with Crippen molar-refractivity contribution >= 4 is 28.7 Å². The van der Waals surface area contributed by atoms with Crippen molar-refractivity contribution in [3.8, 4) is 0 Å². The minimum Gasteiger partial charge on any atom is -0.439 e. The van der Waals surface area contributed by atoms with Crippen LogP contribution in [0.4, 0.5) is 35.5 Å². The van der Waals surface area contributed by atoms with Gasteiger partial charge in [-0.2, -0.15) is 26.3 Å². The van der Waals surface area contributed by atoms with Crippen molar-refractivity contribution in [2.24, 2.45) is 0 Å². The van der Waals surface area contributed by atoms with Gasteiger partial charge < -0.3 is 4.74 Å². The topological polar surface area (TPSA) is 29.5 Å². The molecule has 31 heavy (non-hydrogen) atoms. The van der Waals surface area contributed by atoms with Gasteiger partial charge in [-0.15, -0.1) is 0 Å². The lowest BCUT2D eigenvalue weighted by atomic mass is 10.00. The highest BCUT2D eigenvalue weighted by Crippen LogP contribution is 2.39. The van der Waals surface area contributed by atoms with Crippen molar-refractivity contribution in [3.63, 3.8) is 0 Å². The smallest absolute Gasteiger partial charge is 0.416 e. The molecule has 3 nitrogen and oxygen atoms in total. The first-order chi connectivity index (χ1) is 14.3. The van der Waals surface area contributed by atoms with Crippen LogP contribution in [-0.2, 0) is 30.3 Å². The number of rotatable bonds is 4. The van der Waals surface area contributed by atoms with Crippen LogP contribution in [0.25, 0.3) is 0 Å². The Labute approximate surface area is 186 Å². The first-order valence-electron chi connectivity index (χ1n) is 8.91. The second kappa shape index (κ2) is 8.47. The van der Waals surface area contributed by atoms with Gasteiger partial charge in [0.25, 0.3) is 0 Å². The third-order valence-corrected chi connectivity index (χ3v) is 5.89. The Morgan fingerprint density at radius 1 is 0.968 bits per heavy atom. The van der Waals surface area contributed by atoms with E-state index in [1.165, 1.54) is 19.1 Å². The molecule has 1 aliphatic rings. The van der Waals surface area contributed by atoms with Crippen LogP contribution in [0.5, 0.6) is 0 Å². The van der Waals surface area contributed by atoms with Gasteiger partial charge in [0.05, 0.1) is 17.2 Å². The molecule has 1 amide bonds. The van der Waals surface area contributed by atoms with Gasteiger partial charge in [0.2, 0.25) is 0 Å². The Balaban J connectivity index is 1.91. The van der Waals surface area contributed by atoms with Crippen molar-refractivity contribution in [3.05, 3.63) is 67.8 Å². The molecule has 0 aromatic heterocycles. The standard InChI is InChI=1S/C20H15F7INO2/c1-10-17(15-7-13(19(22,23)24)2-3-16(15)28)31-18(30)29(10)9-12-4-11(8-21)5-14(6-12)20(25,26)27/h2-7,10,17H,8-9H2,1H3/t10-,17+/m0/s1. The molecule has 0 aliphatic carbocycles.